The third kappa shape index (κ3) is 4.59. The van der Waals surface area contributed by atoms with E-state index in [0.717, 1.165) is 5.76 Å². The number of rotatable bonds is 9. The molecule has 9 nitrogen and oxygen atoms in total. The van der Waals surface area contributed by atoms with Crippen molar-refractivity contribution < 1.29 is 23.2 Å². The van der Waals surface area contributed by atoms with Gasteiger partial charge < -0.3 is 19.3 Å². The first-order chi connectivity index (χ1) is 13.1. The van der Waals surface area contributed by atoms with Crippen molar-refractivity contribution in [2.45, 2.75) is 30.3 Å². The molecule has 0 unspecified atom stereocenters. The topological polar surface area (TPSA) is 126 Å². The monoisotopic (exact) mass is 390 g/mol. The van der Waals surface area contributed by atoms with Gasteiger partial charge in [0.05, 0.1) is 31.9 Å². The molecule has 3 rings (SSSR count). The summed E-state index contributed by atoms with van der Waals surface area (Å²) < 4.78 is 17.4. The van der Waals surface area contributed by atoms with E-state index >= 15 is 0 Å². The lowest BCUT2D eigenvalue weighted by molar-refractivity contribution is -0.118. The molecule has 0 atom stereocenters. The molecule has 0 bridgehead atoms. The molecule has 0 fully saturated rings. The minimum Gasteiger partial charge on any atom is -0.468 e. The smallest absolute Gasteiger partial charge is 0.341 e. The van der Waals surface area contributed by atoms with Crippen LogP contribution in [0.5, 0.6) is 0 Å². The molecule has 0 aromatic carbocycles. The van der Waals surface area contributed by atoms with E-state index in [2.05, 4.69) is 10.2 Å². The molecule has 3 aromatic rings. The highest BCUT2D eigenvalue weighted by atomic mass is 32.2. The summed E-state index contributed by atoms with van der Waals surface area (Å²) in [5.74, 6) is 1.33. The van der Waals surface area contributed by atoms with E-state index in [-0.39, 0.29) is 6.42 Å². The highest BCUT2D eigenvalue weighted by Crippen LogP contribution is 2.26. The van der Waals surface area contributed by atoms with Crippen LogP contribution in [0.25, 0.3) is 0 Å². The number of furan rings is 2. The second-order valence-electron chi connectivity index (χ2n) is 5.57. The number of carbonyl (C=O) groups excluding carboxylic acids is 2. The predicted molar refractivity (Wildman–Crippen MR) is 95.0 cm³/mol. The molecule has 0 saturated carbocycles. The van der Waals surface area contributed by atoms with Crippen molar-refractivity contribution in [3.8, 4) is 0 Å². The summed E-state index contributed by atoms with van der Waals surface area (Å²) in [5, 5.41) is 8.97. The minimum absolute atomic E-state index is 0.172. The van der Waals surface area contributed by atoms with Crippen LogP contribution in [0, 0.1) is 0 Å². The summed E-state index contributed by atoms with van der Waals surface area (Å²) in [6, 6.07) is 5.20. The summed E-state index contributed by atoms with van der Waals surface area (Å²) in [7, 11) is 1.32. The molecule has 0 aliphatic heterocycles. The zero-order valence-corrected chi connectivity index (χ0v) is 15.4. The Balaban J connectivity index is 1.79. The third-order valence-electron chi connectivity index (χ3n) is 3.77. The van der Waals surface area contributed by atoms with Crippen LogP contribution >= 0.6 is 11.8 Å². The molecule has 27 heavy (non-hydrogen) atoms. The lowest BCUT2D eigenvalue weighted by Crippen LogP contribution is -2.14. The fraction of sp³-hybridized carbons (Fsp3) is 0.294. The van der Waals surface area contributed by atoms with Crippen LogP contribution < -0.4 is 5.73 Å². The number of carbonyl (C=O) groups is 2. The normalized spacial score (nSPS) is 10.9. The third-order valence-corrected chi connectivity index (χ3v) is 4.73. The zero-order valence-electron chi connectivity index (χ0n) is 14.6. The Morgan fingerprint density at radius 1 is 1.26 bits per heavy atom. The molecular weight excluding hydrogens is 372 g/mol. The van der Waals surface area contributed by atoms with E-state index in [1.165, 1.54) is 25.1 Å². The van der Waals surface area contributed by atoms with Gasteiger partial charge in [-0.1, -0.05) is 11.8 Å². The molecule has 2 N–H and O–H groups in total. The number of ether oxygens (including phenoxy) is 1. The highest BCUT2D eigenvalue weighted by Gasteiger charge is 2.19. The van der Waals surface area contributed by atoms with E-state index in [9.17, 15) is 9.59 Å². The summed E-state index contributed by atoms with van der Waals surface area (Å²) in [5.41, 5.74) is 5.61. The number of methoxy groups -OCH3 is 1. The van der Waals surface area contributed by atoms with Gasteiger partial charge in [-0.3, -0.25) is 9.36 Å². The average Bonchev–Trinajstić information content (AvgIpc) is 3.39. The summed E-state index contributed by atoms with van der Waals surface area (Å²) in [6.07, 6.45) is 3.57. The number of nitrogens with zero attached hydrogens (tertiary/aromatic N) is 3. The quantitative estimate of drug-likeness (QED) is 0.434. The molecule has 0 saturated heterocycles. The van der Waals surface area contributed by atoms with Gasteiger partial charge in [0.15, 0.2) is 5.16 Å². The number of esters is 1. The number of thioether (sulfide) groups is 1. The van der Waals surface area contributed by atoms with Gasteiger partial charge >= 0.3 is 5.97 Å². The van der Waals surface area contributed by atoms with E-state index in [4.69, 9.17) is 19.3 Å². The Morgan fingerprint density at radius 3 is 2.81 bits per heavy atom. The van der Waals surface area contributed by atoms with Crippen molar-refractivity contribution in [1.29, 1.82) is 0 Å². The lowest BCUT2D eigenvalue weighted by Gasteiger charge is -2.08. The molecule has 3 heterocycles. The number of aromatic nitrogens is 3. The van der Waals surface area contributed by atoms with E-state index in [1.54, 1.807) is 18.4 Å². The first kappa shape index (κ1) is 18.8. The largest absolute Gasteiger partial charge is 0.468 e. The van der Waals surface area contributed by atoms with E-state index in [1.807, 2.05) is 10.6 Å². The van der Waals surface area contributed by atoms with Crippen molar-refractivity contribution in [2.24, 2.45) is 5.73 Å². The fourth-order valence-corrected chi connectivity index (χ4v) is 3.35. The van der Waals surface area contributed by atoms with Crippen LogP contribution in [-0.4, -0.2) is 33.8 Å². The Kier molecular flexibility index (Phi) is 5.97. The van der Waals surface area contributed by atoms with Crippen LogP contribution in [-0.2, 0) is 28.2 Å². The number of primary amides is 1. The maximum Gasteiger partial charge on any atom is 0.341 e. The van der Waals surface area contributed by atoms with Gasteiger partial charge in [0.2, 0.25) is 5.91 Å². The van der Waals surface area contributed by atoms with Crippen molar-refractivity contribution in [3.63, 3.8) is 0 Å². The summed E-state index contributed by atoms with van der Waals surface area (Å²) >= 11 is 1.35. The second-order valence-corrected chi connectivity index (χ2v) is 6.51. The lowest BCUT2D eigenvalue weighted by atomic mass is 10.3. The highest BCUT2D eigenvalue weighted by molar-refractivity contribution is 7.98. The van der Waals surface area contributed by atoms with Crippen LogP contribution in [0.3, 0.4) is 0 Å². The standard InChI is InChI=1S/C17H18N4O5S/c1-24-16(23)12-6-8-26-13(12)10-27-17-20-19-15(5-4-14(18)22)21(17)9-11-3-2-7-25-11/h2-3,6-8H,4-5,9-10H2,1H3,(H2,18,22). The number of aryl methyl sites for hydroxylation is 1. The zero-order chi connectivity index (χ0) is 19.2. The predicted octanol–water partition coefficient (Wildman–Crippen LogP) is 2.01. The molecule has 0 spiro atoms. The van der Waals surface area contributed by atoms with Crippen molar-refractivity contribution in [1.82, 2.24) is 14.8 Å². The van der Waals surface area contributed by atoms with Crippen LogP contribution in [0.1, 0.15) is 34.1 Å². The summed E-state index contributed by atoms with van der Waals surface area (Å²) in [6.45, 7) is 0.415. The Labute approximate surface area is 158 Å². The van der Waals surface area contributed by atoms with Gasteiger partial charge in [-0.05, 0) is 18.2 Å². The SMILES string of the molecule is COC(=O)c1ccoc1CSc1nnc(CCC(N)=O)n1Cc1ccco1. The van der Waals surface area contributed by atoms with Crippen molar-refractivity contribution >= 4 is 23.6 Å². The molecule has 10 heteroatoms. The van der Waals surface area contributed by atoms with E-state index < -0.39 is 11.9 Å². The fourth-order valence-electron chi connectivity index (χ4n) is 2.44. The Hall–Kier alpha value is -3.01. The number of nitrogens with two attached hydrogens (primary N) is 1. The number of amides is 1. The average molecular weight is 390 g/mol. The molecule has 142 valence electrons. The molecular formula is C17H18N4O5S. The van der Waals surface area contributed by atoms with Gasteiger partial charge in [-0.15, -0.1) is 10.2 Å². The molecule has 0 aliphatic rings. The molecule has 0 radical (unpaired) electrons. The first-order valence-electron chi connectivity index (χ1n) is 8.08. The van der Waals surface area contributed by atoms with Crippen LogP contribution in [0.2, 0.25) is 0 Å². The molecule has 0 aliphatic carbocycles. The maximum atomic E-state index is 11.8. The minimum atomic E-state index is -0.460. The number of hydrogen-bond acceptors (Lipinski definition) is 8. The van der Waals surface area contributed by atoms with Gasteiger partial charge in [0, 0.05) is 12.8 Å². The first-order valence-corrected chi connectivity index (χ1v) is 9.07. The van der Waals surface area contributed by atoms with Gasteiger partial charge in [0.1, 0.15) is 22.9 Å². The molecule has 3 aromatic heterocycles. The Bertz CT molecular complexity index is 916. The summed E-state index contributed by atoms with van der Waals surface area (Å²) in [4.78, 5) is 22.9. The van der Waals surface area contributed by atoms with Crippen LogP contribution in [0.15, 0.2) is 44.7 Å². The number of hydrogen-bond donors (Lipinski definition) is 1. The van der Waals surface area contributed by atoms with Crippen LogP contribution in [0.4, 0.5) is 0 Å². The second kappa shape index (κ2) is 8.58. The van der Waals surface area contributed by atoms with Gasteiger partial charge in [0.25, 0.3) is 0 Å². The molecule has 1 amide bonds. The van der Waals surface area contributed by atoms with Gasteiger partial charge in [-0.25, -0.2) is 4.79 Å². The van der Waals surface area contributed by atoms with Gasteiger partial charge in [-0.2, -0.15) is 0 Å². The van der Waals surface area contributed by atoms with Crippen molar-refractivity contribution in [2.75, 3.05) is 7.11 Å². The van der Waals surface area contributed by atoms with Crippen molar-refractivity contribution in [3.05, 3.63) is 53.6 Å². The Morgan fingerprint density at radius 2 is 2.11 bits per heavy atom. The maximum absolute atomic E-state index is 11.8. The van der Waals surface area contributed by atoms with E-state index in [0.29, 0.717) is 41.0 Å².